The van der Waals surface area contributed by atoms with Crippen molar-refractivity contribution in [3.63, 3.8) is 0 Å². The summed E-state index contributed by atoms with van der Waals surface area (Å²) >= 11 is 13.0. The van der Waals surface area contributed by atoms with Gasteiger partial charge < -0.3 is 21.7 Å². The summed E-state index contributed by atoms with van der Waals surface area (Å²) in [6.07, 6.45) is 2.80. The average Bonchev–Trinajstić information content (AvgIpc) is 3.64. The number of nitrogens with two attached hydrogens (primary N) is 1. The van der Waals surface area contributed by atoms with Gasteiger partial charge in [-0.25, -0.2) is 13.6 Å². The monoisotopic (exact) mass is 657 g/mol. The molecule has 1 saturated heterocycles. The maximum absolute atomic E-state index is 13.9. The SMILES string of the molecule is NCCCNC(=O)[C@H](Cc1ccc(F)c(F)c1)NC(=O)Nc1ccc2c(CN3CCCC3)nn(Cc3c(Cl)cccc3Cl)c2c1. The molecule has 0 bridgehead atoms. The molecule has 0 aliphatic carbocycles. The summed E-state index contributed by atoms with van der Waals surface area (Å²) in [4.78, 5) is 28.5. The van der Waals surface area contributed by atoms with Crippen LogP contribution in [-0.4, -0.2) is 58.8 Å². The van der Waals surface area contributed by atoms with Crippen LogP contribution in [0.4, 0.5) is 19.3 Å². The fourth-order valence-electron chi connectivity index (χ4n) is 5.42. The van der Waals surface area contributed by atoms with Crippen LogP contribution in [-0.2, 0) is 24.3 Å². The lowest BCUT2D eigenvalue weighted by molar-refractivity contribution is -0.122. The minimum absolute atomic E-state index is 0.0522. The molecule has 238 valence electrons. The van der Waals surface area contributed by atoms with E-state index >= 15 is 0 Å². The number of urea groups is 1. The molecular weight excluding hydrogens is 623 g/mol. The van der Waals surface area contributed by atoms with E-state index in [9.17, 15) is 18.4 Å². The normalized spacial score (nSPS) is 14.1. The maximum Gasteiger partial charge on any atom is 0.319 e. The van der Waals surface area contributed by atoms with Crippen molar-refractivity contribution < 1.29 is 18.4 Å². The van der Waals surface area contributed by atoms with Gasteiger partial charge in [-0.1, -0.05) is 35.3 Å². The average molecular weight is 659 g/mol. The number of hydrogen-bond donors (Lipinski definition) is 4. The number of carbonyl (C=O) groups is 2. The number of nitrogens with zero attached hydrogens (tertiary/aromatic N) is 3. The molecule has 0 radical (unpaired) electrons. The van der Waals surface area contributed by atoms with E-state index in [1.165, 1.54) is 6.07 Å². The molecule has 0 unspecified atom stereocenters. The van der Waals surface area contributed by atoms with Crippen molar-refractivity contribution in [1.29, 1.82) is 0 Å². The third-order valence-electron chi connectivity index (χ3n) is 7.75. The van der Waals surface area contributed by atoms with Gasteiger partial charge >= 0.3 is 6.03 Å². The first kappa shape index (κ1) is 32.6. The van der Waals surface area contributed by atoms with Crippen molar-refractivity contribution in [3.05, 3.63) is 93.1 Å². The Kier molecular flexibility index (Phi) is 10.9. The molecule has 13 heteroatoms. The van der Waals surface area contributed by atoms with Gasteiger partial charge in [0.05, 0.1) is 17.8 Å². The van der Waals surface area contributed by atoms with E-state index in [1.54, 1.807) is 24.3 Å². The zero-order valence-electron chi connectivity index (χ0n) is 24.6. The number of aromatic nitrogens is 2. The summed E-state index contributed by atoms with van der Waals surface area (Å²) in [6.45, 7) is 3.72. The fraction of sp³-hybridized carbons (Fsp3) is 0.344. The Balaban J connectivity index is 1.38. The standard InChI is InChI=1S/C32H35Cl2F2N7O2/c33-24-5-3-6-25(34)23(24)18-43-30-17-21(8-9-22(30)29(41-43)19-42-13-1-2-14-42)39-32(45)40-28(31(44)38-12-4-11-37)16-20-7-10-26(35)27(36)15-20/h3,5-10,15,17,28H,1-2,4,11-14,16,18-19,37H2,(H,38,44)(H2,39,40,45)/t28-/m0/s1. The van der Waals surface area contributed by atoms with Crippen LogP contribution in [0.15, 0.2) is 54.6 Å². The Morgan fingerprint density at radius 3 is 2.44 bits per heavy atom. The minimum Gasteiger partial charge on any atom is -0.354 e. The Labute approximate surface area is 270 Å². The van der Waals surface area contributed by atoms with Crippen molar-refractivity contribution in [1.82, 2.24) is 25.3 Å². The molecule has 0 spiro atoms. The summed E-state index contributed by atoms with van der Waals surface area (Å²) < 4.78 is 29.2. The van der Waals surface area contributed by atoms with E-state index < -0.39 is 29.6 Å². The van der Waals surface area contributed by atoms with Crippen LogP contribution in [0.5, 0.6) is 0 Å². The Morgan fingerprint density at radius 2 is 1.73 bits per heavy atom. The van der Waals surface area contributed by atoms with E-state index in [-0.39, 0.29) is 6.42 Å². The summed E-state index contributed by atoms with van der Waals surface area (Å²) in [5, 5.41) is 15.1. The van der Waals surface area contributed by atoms with Gasteiger partial charge in [-0.2, -0.15) is 5.10 Å². The molecule has 1 fully saturated rings. The topological polar surface area (TPSA) is 117 Å². The first-order valence-electron chi connectivity index (χ1n) is 14.9. The molecule has 1 atom stereocenters. The highest BCUT2D eigenvalue weighted by Crippen LogP contribution is 2.29. The Bertz CT molecular complexity index is 1660. The number of hydrogen-bond acceptors (Lipinski definition) is 5. The van der Waals surface area contributed by atoms with Crippen molar-refractivity contribution >= 4 is 51.7 Å². The number of benzene rings is 3. The highest BCUT2D eigenvalue weighted by molar-refractivity contribution is 6.36. The molecule has 2 heterocycles. The lowest BCUT2D eigenvalue weighted by Crippen LogP contribution is -2.49. The number of rotatable bonds is 12. The second kappa shape index (κ2) is 15.0. The quantitative estimate of drug-likeness (QED) is 0.151. The second-order valence-electron chi connectivity index (χ2n) is 11.1. The molecule has 45 heavy (non-hydrogen) atoms. The molecule has 1 aliphatic rings. The maximum atomic E-state index is 13.9. The zero-order chi connectivity index (χ0) is 31.9. The fourth-order valence-corrected chi connectivity index (χ4v) is 5.93. The first-order chi connectivity index (χ1) is 21.7. The van der Waals surface area contributed by atoms with E-state index in [1.807, 2.05) is 16.8 Å². The predicted octanol–water partition coefficient (Wildman–Crippen LogP) is 5.46. The zero-order valence-corrected chi connectivity index (χ0v) is 26.1. The van der Waals surface area contributed by atoms with E-state index in [4.69, 9.17) is 34.0 Å². The number of likely N-dealkylation sites (tertiary alicyclic amines) is 1. The van der Waals surface area contributed by atoms with Gasteiger partial charge in [0.25, 0.3) is 0 Å². The molecule has 1 aromatic heterocycles. The van der Waals surface area contributed by atoms with Crippen molar-refractivity contribution in [2.24, 2.45) is 5.73 Å². The van der Waals surface area contributed by atoms with Crippen LogP contribution in [0.1, 0.15) is 36.1 Å². The van der Waals surface area contributed by atoms with Crippen LogP contribution in [0, 0.1) is 11.6 Å². The third kappa shape index (κ3) is 8.29. The number of nitrogens with one attached hydrogen (secondary N) is 3. The number of anilines is 1. The number of carbonyl (C=O) groups excluding carboxylic acids is 2. The summed E-state index contributed by atoms with van der Waals surface area (Å²) in [5.41, 5.74) is 8.76. The third-order valence-corrected chi connectivity index (χ3v) is 8.46. The first-order valence-corrected chi connectivity index (χ1v) is 15.6. The van der Waals surface area contributed by atoms with Gasteiger partial charge in [0.1, 0.15) is 6.04 Å². The van der Waals surface area contributed by atoms with Crippen molar-refractivity contribution in [2.75, 3.05) is 31.5 Å². The molecule has 9 nitrogen and oxygen atoms in total. The molecule has 3 amide bonds. The Hall–Kier alpha value is -3.77. The summed E-state index contributed by atoms with van der Waals surface area (Å²) in [7, 11) is 0. The van der Waals surface area contributed by atoms with E-state index in [2.05, 4.69) is 20.9 Å². The van der Waals surface area contributed by atoms with Gasteiger partial charge in [0.15, 0.2) is 11.6 Å². The summed E-state index contributed by atoms with van der Waals surface area (Å²) in [5.74, 6) is -2.50. The van der Waals surface area contributed by atoms with Crippen LogP contribution in [0.2, 0.25) is 10.0 Å². The smallest absolute Gasteiger partial charge is 0.319 e. The highest BCUT2D eigenvalue weighted by atomic mass is 35.5. The van der Waals surface area contributed by atoms with Crippen molar-refractivity contribution in [3.8, 4) is 0 Å². The van der Waals surface area contributed by atoms with Crippen LogP contribution < -0.4 is 21.7 Å². The Morgan fingerprint density at radius 1 is 0.978 bits per heavy atom. The van der Waals surface area contributed by atoms with Crippen LogP contribution in [0.25, 0.3) is 10.9 Å². The van der Waals surface area contributed by atoms with E-state index in [0.29, 0.717) is 53.9 Å². The minimum atomic E-state index is -1.06. The highest BCUT2D eigenvalue weighted by Gasteiger charge is 2.23. The molecule has 3 aromatic carbocycles. The molecule has 1 aliphatic heterocycles. The van der Waals surface area contributed by atoms with Gasteiger partial charge in [-0.05, 0) is 86.9 Å². The second-order valence-corrected chi connectivity index (χ2v) is 11.9. The molecule has 0 saturated carbocycles. The van der Waals surface area contributed by atoms with Crippen LogP contribution in [0.3, 0.4) is 0 Å². The summed E-state index contributed by atoms with van der Waals surface area (Å²) in [6, 6.07) is 12.5. The number of halogens is 4. The predicted molar refractivity (Wildman–Crippen MR) is 172 cm³/mol. The van der Waals surface area contributed by atoms with Gasteiger partial charge in [0, 0.05) is 46.2 Å². The van der Waals surface area contributed by atoms with E-state index in [0.717, 1.165) is 60.2 Å². The lowest BCUT2D eigenvalue weighted by atomic mass is 10.0. The number of amides is 3. The number of fused-ring (bicyclic) bond motifs is 1. The largest absolute Gasteiger partial charge is 0.354 e. The van der Waals surface area contributed by atoms with Crippen LogP contribution >= 0.6 is 23.2 Å². The molecule has 4 aromatic rings. The molecule has 5 N–H and O–H groups in total. The molecular formula is C32H35Cl2F2N7O2. The van der Waals surface area contributed by atoms with Crippen molar-refractivity contribution in [2.45, 2.75) is 44.8 Å². The molecule has 5 rings (SSSR count). The van der Waals surface area contributed by atoms with Gasteiger partial charge in [-0.15, -0.1) is 0 Å². The lowest BCUT2D eigenvalue weighted by Gasteiger charge is -2.19. The van der Waals surface area contributed by atoms with Gasteiger partial charge in [0.2, 0.25) is 5.91 Å². The van der Waals surface area contributed by atoms with Gasteiger partial charge in [-0.3, -0.25) is 14.4 Å².